The number of carbonyl (C=O) groups excluding carboxylic acids is 2. The summed E-state index contributed by atoms with van der Waals surface area (Å²) >= 11 is 0. The van der Waals surface area contributed by atoms with Gasteiger partial charge in [0.25, 0.3) is 0 Å². The lowest BCUT2D eigenvalue weighted by Crippen LogP contribution is -2.43. The van der Waals surface area contributed by atoms with Crippen molar-refractivity contribution in [2.45, 2.75) is 85.2 Å². The van der Waals surface area contributed by atoms with E-state index in [1.807, 2.05) is 56.5 Å². The smallest absolute Gasteiger partial charge is 0.407 e. The fraction of sp³-hybridized carbons (Fsp3) is 0.600. The standard InChI is InChI=1S/C25H40N2O5Si/c1-11-30-22(28)21-15-18-14-19(32-33(9,10)25(6,7)8)12-13-20(18)27(21)17(2)16-26-23(29)31-24(3,4)5/h12-15,17H,11,16H2,1-10H3,(H,26,29)/t17-/m1/s1. The van der Waals surface area contributed by atoms with E-state index in [1.54, 1.807) is 6.92 Å². The van der Waals surface area contributed by atoms with Crippen LogP contribution in [0.3, 0.4) is 0 Å². The highest BCUT2D eigenvalue weighted by Gasteiger charge is 2.39. The van der Waals surface area contributed by atoms with Crippen LogP contribution < -0.4 is 9.74 Å². The van der Waals surface area contributed by atoms with E-state index < -0.39 is 26.0 Å². The Balaban J connectivity index is 2.39. The van der Waals surface area contributed by atoms with Crippen molar-refractivity contribution in [1.29, 1.82) is 0 Å². The molecule has 0 saturated carbocycles. The number of nitrogens with one attached hydrogen (secondary N) is 1. The molecule has 1 heterocycles. The van der Waals surface area contributed by atoms with Gasteiger partial charge in [-0.3, -0.25) is 0 Å². The zero-order valence-electron chi connectivity index (χ0n) is 21.8. The molecule has 1 amide bonds. The monoisotopic (exact) mass is 476 g/mol. The SMILES string of the molecule is CCOC(=O)c1cc2cc(O[Si](C)(C)C(C)(C)C)ccc2n1[C@H](C)CNC(=O)OC(C)(C)C. The number of ether oxygens (including phenoxy) is 2. The van der Waals surface area contributed by atoms with Crippen LogP contribution in [0.25, 0.3) is 10.9 Å². The fourth-order valence-corrected chi connectivity index (χ4v) is 4.22. The van der Waals surface area contributed by atoms with Gasteiger partial charge in [0.05, 0.1) is 6.61 Å². The van der Waals surface area contributed by atoms with Crippen LogP contribution in [0.5, 0.6) is 5.75 Å². The first-order chi connectivity index (χ1) is 15.1. The molecule has 0 radical (unpaired) electrons. The summed E-state index contributed by atoms with van der Waals surface area (Å²) in [6.07, 6.45) is -0.492. The average Bonchev–Trinajstić information content (AvgIpc) is 3.02. The molecule has 184 valence electrons. The molecule has 0 saturated heterocycles. The van der Waals surface area contributed by atoms with Crippen LogP contribution in [0.2, 0.25) is 18.1 Å². The average molecular weight is 477 g/mol. The van der Waals surface area contributed by atoms with Crippen LogP contribution in [0.4, 0.5) is 4.79 Å². The van der Waals surface area contributed by atoms with Crippen molar-refractivity contribution < 1.29 is 23.5 Å². The number of fused-ring (bicyclic) bond motifs is 1. The van der Waals surface area contributed by atoms with Crippen molar-refractivity contribution in [3.05, 3.63) is 30.0 Å². The maximum atomic E-state index is 12.7. The van der Waals surface area contributed by atoms with Gasteiger partial charge >= 0.3 is 12.1 Å². The van der Waals surface area contributed by atoms with Crippen molar-refractivity contribution in [2.24, 2.45) is 0 Å². The molecule has 0 bridgehead atoms. The van der Waals surface area contributed by atoms with E-state index in [-0.39, 0.29) is 17.7 Å². The first-order valence-corrected chi connectivity index (χ1v) is 14.4. The zero-order valence-corrected chi connectivity index (χ0v) is 22.8. The van der Waals surface area contributed by atoms with Crippen LogP contribution in [0.1, 0.15) is 71.9 Å². The molecule has 0 aliphatic heterocycles. The van der Waals surface area contributed by atoms with Crippen molar-refractivity contribution in [3.63, 3.8) is 0 Å². The first-order valence-electron chi connectivity index (χ1n) is 11.5. The highest BCUT2D eigenvalue weighted by atomic mass is 28.4. The summed E-state index contributed by atoms with van der Waals surface area (Å²) in [4.78, 5) is 24.9. The van der Waals surface area contributed by atoms with Gasteiger partial charge in [-0.05, 0) is 77.0 Å². The Morgan fingerprint density at radius 1 is 1.09 bits per heavy atom. The fourth-order valence-electron chi connectivity index (χ4n) is 3.20. The number of carbonyl (C=O) groups is 2. The van der Waals surface area contributed by atoms with Crippen LogP contribution in [-0.4, -0.2) is 43.7 Å². The minimum atomic E-state index is -2.00. The third-order valence-corrected chi connectivity index (χ3v) is 10.2. The van der Waals surface area contributed by atoms with E-state index in [1.165, 1.54) is 0 Å². The molecule has 2 rings (SSSR count). The topological polar surface area (TPSA) is 78.8 Å². The third-order valence-electron chi connectivity index (χ3n) is 5.86. The maximum Gasteiger partial charge on any atom is 0.407 e. The third kappa shape index (κ3) is 6.76. The van der Waals surface area contributed by atoms with Gasteiger partial charge in [0.15, 0.2) is 0 Å². The molecule has 0 aliphatic rings. The van der Waals surface area contributed by atoms with Crippen LogP contribution in [-0.2, 0) is 9.47 Å². The molecule has 0 fully saturated rings. The van der Waals surface area contributed by atoms with E-state index in [2.05, 4.69) is 39.2 Å². The largest absolute Gasteiger partial charge is 0.543 e. The number of benzene rings is 1. The molecule has 1 aromatic carbocycles. The molecule has 1 N–H and O–H groups in total. The van der Waals surface area contributed by atoms with Gasteiger partial charge < -0.3 is 23.8 Å². The molecule has 0 unspecified atom stereocenters. The second-order valence-electron chi connectivity index (χ2n) is 10.9. The molecular weight excluding hydrogens is 436 g/mol. The Morgan fingerprint density at radius 3 is 2.27 bits per heavy atom. The Bertz CT molecular complexity index is 999. The van der Waals surface area contributed by atoms with Crippen molar-refractivity contribution in [3.8, 4) is 5.75 Å². The molecule has 33 heavy (non-hydrogen) atoms. The lowest BCUT2D eigenvalue weighted by molar-refractivity contribution is 0.0512. The number of aromatic nitrogens is 1. The quantitative estimate of drug-likeness (QED) is 0.375. The van der Waals surface area contributed by atoms with Crippen LogP contribution >= 0.6 is 0 Å². The lowest BCUT2D eigenvalue weighted by atomic mass is 10.2. The van der Waals surface area contributed by atoms with Crippen LogP contribution in [0.15, 0.2) is 24.3 Å². The summed E-state index contributed by atoms with van der Waals surface area (Å²) in [6.45, 7) is 20.8. The minimum Gasteiger partial charge on any atom is -0.543 e. The number of esters is 1. The molecule has 0 spiro atoms. The molecule has 7 nitrogen and oxygen atoms in total. The Morgan fingerprint density at radius 2 is 1.73 bits per heavy atom. The van der Waals surface area contributed by atoms with Crippen molar-refractivity contribution in [1.82, 2.24) is 9.88 Å². The maximum absolute atomic E-state index is 12.7. The van der Waals surface area contributed by atoms with Crippen molar-refractivity contribution >= 4 is 31.3 Å². The Labute approximate surface area is 198 Å². The summed E-state index contributed by atoms with van der Waals surface area (Å²) in [5.74, 6) is 0.394. The van der Waals surface area contributed by atoms with Gasteiger partial charge in [0.2, 0.25) is 8.32 Å². The summed E-state index contributed by atoms with van der Waals surface area (Å²) < 4.78 is 19.0. The summed E-state index contributed by atoms with van der Waals surface area (Å²) in [7, 11) is -2.00. The molecule has 2 aromatic rings. The van der Waals surface area contributed by atoms with Gasteiger partial charge in [-0.1, -0.05) is 20.8 Å². The van der Waals surface area contributed by atoms with Gasteiger partial charge in [0.1, 0.15) is 17.0 Å². The van der Waals surface area contributed by atoms with E-state index in [0.717, 1.165) is 16.7 Å². The van der Waals surface area contributed by atoms with Crippen molar-refractivity contribution in [2.75, 3.05) is 13.2 Å². The second kappa shape index (κ2) is 9.79. The number of amides is 1. The van der Waals surface area contributed by atoms with Gasteiger partial charge in [0, 0.05) is 23.5 Å². The van der Waals surface area contributed by atoms with Crippen LogP contribution in [0, 0.1) is 0 Å². The molecular formula is C25H40N2O5Si. The molecule has 0 aliphatic carbocycles. The van der Waals surface area contributed by atoms with E-state index in [4.69, 9.17) is 13.9 Å². The Kier molecular flexibility index (Phi) is 7.94. The zero-order chi connectivity index (χ0) is 25.2. The molecule has 1 aromatic heterocycles. The minimum absolute atomic E-state index is 0.0752. The van der Waals surface area contributed by atoms with Gasteiger partial charge in [-0.15, -0.1) is 0 Å². The highest BCUT2D eigenvalue weighted by Crippen LogP contribution is 2.38. The first kappa shape index (κ1) is 26.8. The number of hydrogen-bond acceptors (Lipinski definition) is 5. The van der Waals surface area contributed by atoms with Gasteiger partial charge in [-0.25, -0.2) is 9.59 Å². The summed E-state index contributed by atoms with van der Waals surface area (Å²) in [5, 5.41) is 3.76. The predicted molar refractivity (Wildman–Crippen MR) is 135 cm³/mol. The molecule has 8 heteroatoms. The van der Waals surface area contributed by atoms with E-state index in [0.29, 0.717) is 12.2 Å². The highest BCUT2D eigenvalue weighted by molar-refractivity contribution is 6.74. The second-order valence-corrected chi connectivity index (χ2v) is 15.7. The van der Waals surface area contributed by atoms with E-state index in [9.17, 15) is 9.59 Å². The van der Waals surface area contributed by atoms with Gasteiger partial charge in [-0.2, -0.15) is 0 Å². The number of nitrogens with zero attached hydrogens (tertiary/aromatic N) is 1. The molecule has 1 atom stereocenters. The normalized spacial score (nSPS) is 13.5. The van der Waals surface area contributed by atoms with E-state index >= 15 is 0 Å². The summed E-state index contributed by atoms with van der Waals surface area (Å²) in [6, 6.07) is 7.51. The Hall–Kier alpha value is -2.48. The number of alkyl carbamates (subject to hydrolysis) is 1. The number of rotatable bonds is 7. The lowest BCUT2D eigenvalue weighted by Gasteiger charge is -2.36. The number of hydrogen-bond donors (Lipinski definition) is 1. The predicted octanol–water partition coefficient (Wildman–Crippen LogP) is 6.29. The summed E-state index contributed by atoms with van der Waals surface area (Å²) in [5.41, 5.74) is 0.735.